The monoisotopic (exact) mass is 209 g/mol. The number of hydrogen-bond donors (Lipinski definition) is 2. The number of anilines is 1. The van der Waals surface area contributed by atoms with E-state index in [2.05, 4.69) is 4.98 Å². The maximum Gasteiger partial charge on any atom is 0.0658 e. The van der Waals surface area contributed by atoms with Gasteiger partial charge in [-0.3, -0.25) is 4.98 Å². The average molecular weight is 209 g/mol. The Morgan fingerprint density at radius 1 is 1.53 bits per heavy atom. The predicted octanol–water partition coefficient (Wildman–Crippen LogP) is 0.747. The van der Waals surface area contributed by atoms with E-state index in [9.17, 15) is 5.11 Å². The van der Waals surface area contributed by atoms with Crippen LogP contribution >= 0.6 is 0 Å². The number of aliphatic hydroxyl groups is 1. The van der Waals surface area contributed by atoms with Crippen LogP contribution < -0.4 is 10.6 Å². The second-order valence-electron chi connectivity index (χ2n) is 4.24. The van der Waals surface area contributed by atoms with Crippen LogP contribution in [0.25, 0.3) is 0 Å². The van der Waals surface area contributed by atoms with Gasteiger partial charge in [-0.1, -0.05) is 0 Å². The molecule has 1 aromatic rings. The minimum atomic E-state index is -0.285. The summed E-state index contributed by atoms with van der Waals surface area (Å²) in [4.78, 5) is 6.16. The Bertz CT molecular complexity index is 325. The van der Waals surface area contributed by atoms with E-state index in [-0.39, 0.29) is 12.1 Å². The van der Waals surface area contributed by atoms with Crippen molar-refractivity contribution in [2.75, 3.05) is 18.6 Å². The van der Waals surface area contributed by atoms with E-state index >= 15 is 0 Å². The molecule has 84 valence electrons. The van der Waals surface area contributed by atoms with Crippen LogP contribution in [0.1, 0.15) is 19.5 Å². The van der Waals surface area contributed by atoms with E-state index in [1.165, 1.54) is 0 Å². The number of aliphatic hydroxyl groups excluding tert-OH is 1. The molecule has 0 aliphatic rings. The Kier molecular flexibility index (Phi) is 3.66. The molecule has 4 nitrogen and oxygen atoms in total. The molecule has 0 radical (unpaired) electrons. The van der Waals surface area contributed by atoms with Crippen LogP contribution in [-0.2, 0) is 6.54 Å². The molecule has 0 fully saturated rings. The van der Waals surface area contributed by atoms with Crippen molar-refractivity contribution in [1.29, 1.82) is 0 Å². The molecule has 0 saturated carbocycles. The third-order valence-corrected chi connectivity index (χ3v) is 2.69. The first kappa shape index (κ1) is 11.9. The second-order valence-corrected chi connectivity index (χ2v) is 4.24. The molecule has 1 heterocycles. The van der Waals surface area contributed by atoms with Crippen LogP contribution in [-0.4, -0.2) is 29.3 Å². The van der Waals surface area contributed by atoms with Gasteiger partial charge < -0.3 is 15.7 Å². The van der Waals surface area contributed by atoms with Gasteiger partial charge in [0.15, 0.2) is 0 Å². The smallest absolute Gasteiger partial charge is 0.0658 e. The van der Waals surface area contributed by atoms with Crippen LogP contribution in [0.4, 0.5) is 5.69 Å². The number of likely N-dealkylation sites (N-methyl/N-ethyl adjacent to an activating group) is 1. The molecule has 0 aliphatic carbocycles. The number of rotatable bonds is 4. The molecule has 1 aromatic heterocycles. The Labute approximate surface area is 90.7 Å². The Hall–Kier alpha value is -1.13. The largest absolute Gasteiger partial charge is 0.394 e. The summed E-state index contributed by atoms with van der Waals surface area (Å²) in [7, 11) is 1.95. The third-order valence-electron chi connectivity index (χ3n) is 2.69. The standard InChI is InChI=1S/C11H19N3O/c1-11(2,8-15)14(3)10-4-5-13-9(6-10)7-12/h4-6,15H,7-8,12H2,1-3H3. The van der Waals surface area contributed by atoms with Gasteiger partial charge in [0.05, 0.1) is 17.8 Å². The molecule has 0 atom stereocenters. The summed E-state index contributed by atoms with van der Waals surface area (Å²) < 4.78 is 0. The highest BCUT2D eigenvalue weighted by atomic mass is 16.3. The number of hydrogen-bond acceptors (Lipinski definition) is 4. The van der Waals surface area contributed by atoms with Crippen molar-refractivity contribution in [3.8, 4) is 0 Å². The fourth-order valence-electron chi connectivity index (χ4n) is 1.24. The number of nitrogens with two attached hydrogens (primary N) is 1. The molecule has 0 aromatic carbocycles. The minimum Gasteiger partial charge on any atom is -0.394 e. The zero-order valence-corrected chi connectivity index (χ0v) is 9.57. The number of nitrogens with zero attached hydrogens (tertiary/aromatic N) is 2. The van der Waals surface area contributed by atoms with E-state index in [0.717, 1.165) is 11.4 Å². The van der Waals surface area contributed by atoms with Crippen molar-refractivity contribution >= 4 is 5.69 Å². The van der Waals surface area contributed by atoms with Gasteiger partial charge in [0.2, 0.25) is 0 Å². The summed E-state index contributed by atoms with van der Waals surface area (Å²) >= 11 is 0. The summed E-state index contributed by atoms with van der Waals surface area (Å²) in [5.41, 5.74) is 7.12. The van der Waals surface area contributed by atoms with E-state index in [1.54, 1.807) is 6.20 Å². The first-order chi connectivity index (χ1) is 7.01. The molecule has 4 heteroatoms. The van der Waals surface area contributed by atoms with Gasteiger partial charge in [0, 0.05) is 25.5 Å². The lowest BCUT2D eigenvalue weighted by molar-refractivity contribution is 0.216. The van der Waals surface area contributed by atoms with Gasteiger partial charge in [-0.05, 0) is 26.0 Å². The van der Waals surface area contributed by atoms with Gasteiger partial charge in [0.1, 0.15) is 0 Å². The van der Waals surface area contributed by atoms with E-state index in [4.69, 9.17) is 5.73 Å². The highest BCUT2D eigenvalue weighted by molar-refractivity contribution is 5.48. The van der Waals surface area contributed by atoms with Gasteiger partial charge in [-0.2, -0.15) is 0 Å². The highest BCUT2D eigenvalue weighted by Gasteiger charge is 2.22. The summed E-state index contributed by atoms with van der Waals surface area (Å²) in [6.07, 6.45) is 1.74. The van der Waals surface area contributed by atoms with Crippen LogP contribution in [0, 0.1) is 0 Å². The Morgan fingerprint density at radius 2 is 2.20 bits per heavy atom. The Balaban J connectivity index is 2.95. The third kappa shape index (κ3) is 2.67. The molecule has 0 unspecified atom stereocenters. The normalized spacial score (nSPS) is 11.5. The molecule has 0 amide bonds. The fourth-order valence-corrected chi connectivity index (χ4v) is 1.24. The van der Waals surface area contributed by atoms with Crippen LogP contribution in [0.3, 0.4) is 0 Å². The van der Waals surface area contributed by atoms with E-state index in [0.29, 0.717) is 6.54 Å². The lowest BCUT2D eigenvalue weighted by Gasteiger charge is -2.35. The molecule has 0 spiro atoms. The van der Waals surface area contributed by atoms with Crippen molar-refractivity contribution in [3.05, 3.63) is 24.0 Å². The molecule has 0 bridgehead atoms. The quantitative estimate of drug-likeness (QED) is 0.768. The first-order valence-corrected chi connectivity index (χ1v) is 5.01. The van der Waals surface area contributed by atoms with E-state index in [1.807, 2.05) is 37.9 Å². The van der Waals surface area contributed by atoms with Crippen molar-refractivity contribution in [2.24, 2.45) is 5.73 Å². The lowest BCUT2D eigenvalue weighted by atomic mass is 10.0. The SMILES string of the molecule is CN(c1ccnc(CN)c1)C(C)(C)CO. The van der Waals surface area contributed by atoms with Gasteiger partial charge in [-0.25, -0.2) is 0 Å². The van der Waals surface area contributed by atoms with Gasteiger partial charge >= 0.3 is 0 Å². The molecule has 0 aliphatic heterocycles. The molecule has 3 N–H and O–H groups in total. The van der Waals surface area contributed by atoms with Crippen molar-refractivity contribution in [1.82, 2.24) is 4.98 Å². The average Bonchev–Trinajstić information content (AvgIpc) is 2.28. The van der Waals surface area contributed by atoms with Crippen LogP contribution in [0.15, 0.2) is 18.3 Å². The molecular weight excluding hydrogens is 190 g/mol. The Morgan fingerprint density at radius 3 is 2.73 bits per heavy atom. The lowest BCUT2D eigenvalue weighted by Crippen LogP contribution is -2.44. The first-order valence-electron chi connectivity index (χ1n) is 5.01. The maximum atomic E-state index is 9.27. The van der Waals surface area contributed by atoms with E-state index < -0.39 is 0 Å². The van der Waals surface area contributed by atoms with Crippen molar-refractivity contribution < 1.29 is 5.11 Å². The summed E-state index contributed by atoms with van der Waals surface area (Å²) in [6, 6.07) is 3.86. The highest BCUT2D eigenvalue weighted by Crippen LogP contribution is 2.21. The van der Waals surface area contributed by atoms with Crippen LogP contribution in [0.2, 0.25) is 0 Å². The predicted molar refractivity (Wildman–Crippen MR) is 61.7 cm³/mol. The fraction of sp³-hybridized carbons (Fsp3) is 0.545. The molecule has 1 rings (SSSR count). The van der Waals surface area contributed by atoms with Crippen molar-refractivity contribution in [3.63, 3.8) is 0 Å². The number of pyridine rings is 1. The zero-order valence-electron chi connectivity index (χ0n) is 9.57. The maximum absolute atomic E-state index is 9.27. The summed E-state index contributed by atoms with van der Waals surface area (Å²) in [5.74, 6) is 0. The van der Waals surface area contributed by atoms with Crippen molar-refractivity contribution in [2.45, 2.75) is 25.9 Å². The van der Waals surface area contributed by atoms with Gasteiger partial charge in [-0.15, -0.1) is 0 Å². The summed E-state index contributed by atoms with van der Waals surface area (Å²) in [6.45, 7) is 4.50. The van der Waals surface area contributed by atoms with Crippen LogP contribution in [0.5, 0.6) is 0 Å². The van der Waals surface area contributed by atoms with Gasteiger partial charge in [0.25, 0.3) is 0 Å². The topological polar surface area (TPSA) is 62.4 Å². The zero-order chi connectivity index (χ0) is 11.5. The molecule has 0 saturated heterocycles. The molecule has 15 heavy (non-hydrogen) atoms. The minimum absolute atomic E-state index is 0.101. The summed E-state index contributed by atoms with van der Waals surface area (Å²) in [5, 5.41) is 9.27. The second kappa shape index (κ2) is 4.59. The number of aromatic nitrogens is 1. The molecular formula is C11H19N3O.